The topological polar surface area (TPSA) is 72.0 Å². The molecule has 4 aromatic carbocycles. The number of carbonyl (C=O) groups excluding carboxylic acids is 2. The number of nitrogens with zero attached hydrogens (tertiary/aromatic N) is 2. The Morgan fingerprint density at radius 1 is 0.733 bits per heavy atom. The summed E-state index contributed by atoms with van der Waals surface area (Å²) >= 11 is 0. The minimum Gasteiger partial charge on any atom is -0.322 e. The number of hydrogen-bond acceptors (Lipinski definition) is 4. The summed E-state index contributed by atoms with van der Waals surface area (Å²) in [5.41, 5.74) is 4.77. The molecule has 0 radical (unpaired) electrons. The number of rotatable bonds is 3. The number of benzene rings is 4. The molecule has 5 rings (SSSR count). The fourth-order valence-electron chi connectivity index (χ4n) is 3.54. The van der Waals surface area contributed by atoms with E-state index in [2.05, 4.69) is 5.32 Å². The Hall–Kier alpha value is -4.12. The smallest absolute Gasteiger partial charge is 0.255 e. The van der Waals surface area contributed by atoms with Gasteiger partial charge in [0.2, 0.25) is 0 Å². The summed E-state index contributed by atoms with van der Waals surface area (Å²) in [6.45, 7) is 1.51. The molecular formula is C25H17N3O2. The molecule has 144 valence electrons. The zero-order chi connectivity index (χ0) is 20.7. The van der Waals surface area contributed by atoms with Crippen molar-refractivity contribution in [1.82, 2.24) is 9.97 Å². The lowest BCUT2D eigenvalue weighted by Gasteiger charge is -2.08. The van der Waals surface area contributed by atoms with Crippen molar-refractivity contribution in [2.24, 2.45) is 0 Å². The van der Waals surface area contributed by atoms with E-state index in [1.807, 2.05) is 42.5 Å². The second-order valence-electron chi connectivity index (χ2n) is 7.17. The van der Waals surface area contributed by atoms with Crippen molar-refractivity contribution in [3.8, 4) is 0 Å². The van der Waals surface area contributed by atoms with E-state index in [4.69, 9.17) is 9.97 Å². The predicted octanol–water partition coefficient (Wildman–Crippen LogP) is 5.39. The Morgan fingerprint density at radius 2 is 1.47 bits per heavy atom. The van der Waals surface area contributed by atoms with Crippen LogP contribution in [0.2, 0.25) is 0 Å². The largest absolute Gasteiger partial charge is 0.322 e. The molecule has 5 aromatic rings. The summed E-state index contributed by atoms with van der Waals surface area (Å²) in [7, 11) is 0. The lowest BCUT2D eigenvalue weighted by atomic mass is 10.1. The van der Waals surface area contributed by atoms with Crippen LogP contribution < -0.4 is 5.32 Å². The zero-order valence-electron chi connectivity index (χ0n) is 16.2. The lowest BCUT2D eigenvalue weighted by molar-refractivity contribution is 0.101. The van der Waals surface area contributed by atoms with Crippen LogP contribution in [-0.2, 0) is 0 Å². The minimum absolute atomic E-state index is 0.0132. The van der Waals surface area contributed by atoms with Gasteiger partial charge in [-0.2, -0.15) is 0 Å². The van der Waals surface area contributed by atoms with E-state index in [-0.39, 0.29) is 11.7 Å². The second-order valence-corrected chi connectivity index (χ2v) is 7.17. The molecule has 30 heavy (non-hydrogen) atoms. The number of hydrogen-bond donors (Lipinski definition) is 1. The Morgan fingerprint density at radius 3 is 2.27 bits per heavy atom. The predicted molar refractivity (Wildman–Crippen MR) is 119 cm³/mol. The van der Waals surface area contributed by atoms with Crippen molar-refractivity contribution in [3.05, 3.63) is 90.0 Å². The summed E-state index contributed by atoms with van der Waals surface area (Å²) in [4.78, 5) is 33.6. The fourth-order valence-corrected chi connectivity index (χ4v) is 3.54. The summed E-state index contributed by atoms with van der Waals surface area (Å²) in [6.07, 6.45) is 0. The Kier molecular flexibility index (Phi) is 4.21. The van der Waals surface area contributed by atoms with Crippen molar-refractivity contribution in [2.45, 2.75) is 6.92 Å². The first-order valence-corrected chi connectivity index (χ1v) is 9.60. The highest BCUT2D eigenvalue weighted by atomic mass is 16.1. The van der Waals surface area contributed by atoms with Gasteiger partial charge < -0.3 is 5.32 Å². The van der Waals surface area contributed by atoms with Gasteiger partial charge in [0, 0.05) is 22.2 Å². The molecule has 0 unspecified atom stereocenters. The molecule has 0 aliphatic rings. The number of aromatic nitrogens is 2. The van der Waals surface area contributed by atoms with E-state index < -0.39 is 0 Å². The molecule has 0 fully saturated rings. The second kappa shape index (κ2) is 7.04. The van der Waals surface area contributed by atoms with Crippen molar-refractivity contribution in [3.63, 3.8) is 0 Å². The summed E-state index contributed by atoms with van der Waals surface area (Å²) < 4.78 is 0. The number of anilines is 1. The summed E-state index contributed by atoms with van der Waals surface area (Å²) in [5, 5.41) is 4.99. The number of fused-ring (bicyclic) bond motifs is 4. The van der Waals surface area contributed by atoms with Crippen molar-refractivity contribution in [2.75, 3.05) is 5.32 Å². The minimum atomic E-state index is -0.243. The first-order valence-electron chi connectivity index (χ1n) is 9.60. The van der Waals surface area contributed by atoms with E-state index >= 15 is 0 Å². The fraction of sp³-hybridized carbons (Fsp3) is 0.0400. The van der Waals surface area contributed by atoms with Crippen LogP contribution in [-0.4, -0.2) is 21.7 Å². The van der Waals surface area contributed by atoms with Crippen LogP contribution in [0.4, 0.5) is 5.69 Å². The average Bonchev–Trinajstić information content (AvgIpc) is 2.77. The van der Waals surface area contributed by atoms with Gasteiger partial charge in [-0.1, -0.05) is 30.3 Å². The Balaban J connectivity index is 1.53. The zero-order valence-corrected chi connectivity index (χ0v) is 16.2. The van der Waals surface area contributed by atoms with Gasteiger partial charge in [0.25, 0.3) is 5.91 Å². The highest BCUT2D eigenvalue weighted by Gasteiger charge is 2.11. The average molecular weight is 391 g/mol. The lowest BCUT2D eigenvalue weighted by Crippen LogP contribution is -2.12. The normalized spacial score (nSPS) is 11.1. The maximum atomic E-state index is 12.7. The molecule has 0 atom stereocenters. The third-order valence-electron chi connectivity index (χ3n) is 5.14. The first-order chi connectivity index (χ1) is 14.6. The molecule has 0 spiro atoms. The highest BCUT2D eigenvalue weighted by Crippen LogP contribution is 2.25. The summed E-state index contributed by atoms with van der Waals surface area (Å²) in [6, 6.07) is 24.2. The SMILES string of the molecule is CC(=O)c1ccc(NC(=O)c2ccc3nc4ccc5ccccc5c4nc3c2)cc1. The van der Waals surface area contributed by atoms with Crippen molar-refractivity contribution < 1.29 is 9.59 Å². The molecule has 5 heteroatoms. The van der Waals surface area contributed by atoms with E-state index in [9.17, 15) is 9.59 Å². The number of Topliss-reactive ketones (excluding diaryl/α,β-unsaturated/α-hetero) is 1. The van der Waals surface area contributed by atoms with Gasteiger partial charge in [0.1, 0.15) is 0 Å². The van der Waals surface area contributed by atoms with Crippen LogP contribution in [0.5, 0.6) is 0 Å². The molecule has 1 amide bonds. The van der Waals surface area contributed by atoms with E-state index in [0.29, 0.717) is 22.3 Å². The van der Waals surface area contributed by atoms with Crippen molar-refractivity contribution in [1.29, 1.82) is 0 Å². The number of carbonyl (C=O) groups is 2. The highest BCUT2D eigenvalue weighted by molar-refractivity contribution is 6.08. The van der Waals surface area contributed by atoms with Crippen LogP contribution in [0.1, 0.15) is 27.6 Å². The van der Waals surface area contributed by atoms with Gasteiger partial charge in [-0.05, 0) is 60.8 Å². The molecular weight excluding hydrogens is 374 g/mol. The summed E-state index contributed by atoms with van der Waals surface area (Å²) in [5.74, 6) is -0.256. The molecule has 1 heterocycles. The standard InChI is InChI=1S/C25H17N3O2/c1-15(29)16-6-10-19(11-7-16)26-25(30)18-9-12-21-23(14-18)28-24-20-5-3-2-4-17(20)8-13-22(24)27-21/h2-14H,1H3,(H,26,30). The van der Waals surface area contributed by atoms with Gasteiger partial charge in [-0.25, -0.2) is 9.97 Å². The van der Waals surface area contributed by atoms with Crippen LogP contribution in [0.3, 0.4) is 0 Å². The number of ketones is 1. The van der Waals surface area contributed by atoms with E-state index in [0.717, 1.165) is 27.3 Å². The maximum Gasteiger partial charge on any atom is 0.255 e. The van der Waals surface area contributed by atoms with Crippen LogP contribution in [0, 0.1) is 0 Å². The maximum absolute atomic E-state index is 12.7. The quantitative estimate of drug-likeness (QED) is 0.254. The number of nitrogens with one attached hydrogen (secondary N) is 1. The monoisotopic (exact) mass is 391 g/mol. The molecule has 1 aromatic heterocycles. The van der Waals surface area contributed by atoms with E-state index in [1.54, 1.807) is 36.4 Å². The molecule has 5 nitrogen and oxygen atoms in total. The molecule has 0 aliphatic heterocycles. The first kappa shape index (κ1) is 17.9. The van der Waals surface area contributed by atoms with Crippen molar-refractivity contribution >= 4 is 50.2 Å². The third kappa shape index (κ3) is 3.16. The Bertz CT molecular complexity index is 1460. The third-order valence-corrected chi connectivity index (χ3v) is 5.14. The molecule has 0 aliphatic carbocycles. The van der Waals surface area contributed by atoms with Gasteiger partial charge in [0.05, 0.1) is 22.1 Å². The van der Waals surface area contributed by atoms with Crippen LogP contribution >= 0.6 is 0 Å². The molecule has 0 bridgehead atoms. The molecule has 0 saturated carbocycles. The van der Waals surface area contributed by atoms with Crippen LogP contribution in [0.25, 0.3) is 32.8 Å². The van der Waals surface area contributed by atoms with Gasteiger partial charge in [-0.15, -0.1) is 0 Å². The van der Waals surface area contributed by atoms with Gasteiger partial charge in [-0.3, -0.25) is 9.59 Å². The van der Waals surface area contributed by atoms with E-state index in [1.165, 1.54) is 6.92 Å². The number of amides is 1. The van der Waals surface area contributed by atoms with Gasteiger partial charge in [0.15, 0.2) is 5.78 Å². The van der Waals surface area contributed by atoms with Gasteiger partial charge >= 0.3 is 0 Å². The molecule has 0 saturated heterocycles. The molecule has 1 N–H and O–H groups in total. The Labute approximate surface area is 172 Å². The van der Waals surface area contributed by atoms with Crippen LogP contribution in [0.15, 0.2) is 78.9 Å².